The minimum atomic E-state index is 0. The number of carbonyl (C=O) groups is 1. The Balaban J connectivity index is -0.000000149. The minimum absolute atomic E-state index is 0. The molecule has 2 heteroatoms. The van der Waals surface area contributed by atoms with E-state index in [0.29, 0.717) is 6.42 Å². The third-order valence-electron chi connectivity index (χ3n) is 0.890. The number of ketones is 1. The molecule has 0 aliphatic heterocycles. The zero-order chi connectivity index (χ0) is 7.86. The molecular formula is C8H16OY-2. The van der Waals surface area contributed by atoms with Gasteiger partial charge >= 0.3 is 0 Å². The van der Waals surface area contributed by atoms with Crippen LogP contribution in [0.3, 0.4) is 0 Å². The molecule has 0 aliphatic carbocycles. The third-order valence-corrected chi connectivity index (χ3v) is 0.890. The van der Waals surface area contributed by atoms with E-state index in [1.807, 2.05) is 13.8 Å². The monoisotopic (exact) mass is 217 g/mol. The maximum atomic E-state index is 10.4. The summed E-state index contributed by atoms with van der Waals surface area (Å²) < 4.78 is 0. The standard InChI is InChI=1S/C6H11O.C2H5.Y/c1-4-6(7)5(2)3;1-2;/h5H,1,4H2,2-3H3;1H2,2H3;/q2*-1;. The van der Waals surface area contributed by atoms with Crippen LogP contribution in [0.1, 0.15) is 27.2 Å². The van der Waals surface area contributed by atoms with Crippen LogP contribution in [0.5, 0.6) is 0 Å². The summed E-state index contributed by atoms with van der Waals surface area (Å²) in [5.41, 5.74) is 0. The first kappa shape index (κ1) is 17.0. The molecule has 0 aromatic carbocycles. The van der Waals surface area contributed by atoms with Crippen molar-refractivity contribution in [2.45, 2.75) is 27.2 Å². The molecule has 0 aromatic rings. The van der Waals surface area contributed by atoms with Gasteiger partial charge in [0.15, 0.2) is 0 Å². The second-order valence-electron chi connectivity index (χ2n) is 1.87. The number of hydrogen-bond donors (Lipinski definition) is 0. The van der Waals surface area contributed by atoms with Crippen molar-refractivity contribution in [3.05, 3.63) is 13.8 Å². The van der Waals surface area contributed by atoms with Gasteiger partial charge in [-0.25, -0.2) is 0 Å². The maximum absolute atomic E-state index is 10.4. The summed E-state index contributed by atoms with van der Waals surface area (Å²) in [6.07, 6.45) is 0.428. The molecule has 0 saturated heterocycles. The van der Waals surface area contributed by atoms with Gasteiger partial charge in [0, 0.05) is 38.6 Å². The fourth-order valence-corrected chi connectivity index (χ4v) is 0.289. The van der Waals surface area contributed by atoms with E-state index in [2.05, 4.69) is 13.8 Å². The van der Waals surface area contributed by atoms with E-state index in [1.165, 1.54) is 0 Å². The molecule has 10 heavy (non-hydrogen) atoms. The van der Waals surface area contributed by atoms with Crippen LogP contribution in [0.15, 0.2) is 0 Å². The van der Waals surface area contributed by atoms with E-state index in [9.17, 15) is 4.79 Å². The fraction of sp³-hybridized carbons (Fsp3) is 0.625. The molecule has 0 fully saturated rings. The predicted octanol–water partition coefficient (Wildman–Crippen LogP) is 2.27. The zero-order valence-corrected chi connectivity index (χ0v) is 10.0. The van der Waals surface area contributed by atoms with Gasteiger partial charge in [-0.2, -0.15) is 6.92 Å². The molecule has 1 radical (unpaired) electrons. The molecule has 59 valence electrons. The second kappa shape index (κ2) is 12.5. The van der Waals surface area contributed by atoms with Gasteiger partial charge in [-0.3, -0.25) is 0 Å². The molecule has 0 aromatic heterocycles. The molecule has 0 bridgehead atoms. The summed E-state index contributed by atoms with van der Waals surface area (Å²) in [5, 5.41) is 0. The van der Waals surface area contributed by atoms with Crippen LogP contribution in [-0.2, 0) is 37.5 Å². The van der Waals surface area contributed by atoms with Crippen molar-refractivity contribution in [2.24, 2.45) is 5.92 Å². The number of hydrogen-bond acceptors (Lipinski definition) is 1. The molecule has 0 aliphatic rings. The Hall–Kier alpha value is 0.774. The van der Waals surface area contributed by atoms with Gasteiger partial charge in [0.1, 0.15) is 5.78 Å². The second-order valence-corrected chi connectivity index (χ2v) is 1.87. The van der Waals surface area contributed by atoms with Crippen LogP contribution in [0.4, 0.5) is 0 Å². The molecule has 0 heterocycles. The Bertz CT molecular complexity index is 69.7. The van der Waals surface area contributed by atoms with Crippen molar-refractivity contribution in [3.63, 3.8) is 0 Å². The van der Waals surface area contributed by atoms with Crippen molar-refractivity contribution >= 4 is 5.78 Å². The third kappa shape index (κ3) is 11.6. The predicted molar refractivity (Wildman–Crippen MR) is 40.9 cm³/mol. The fourth-order valence-electron chi connectivity index (χ4n) is 0.289. The quantitative estimate of drug-likeness (QED) is 0.648. The largest absolute Gasteiger partial charge is 0.346 e. The van der Waals surface area contributed by atoms with Crippen LogP contribution in [0.2, 0.25) is 0 Å². The average molecular weight is 217 g/mol. The molecule has 1 nitrogen and oxygen atoms in total. The van der Waals surface area contributed by atoms with Crippen molar-refractivity contribution in [1.29, 1.82) is 0 Å². The molecule has 0 unspecified atom stereocenters. The maximum Gasteiger partial charge on any atom is 0.105 e. The van der Waals surface area contributed by atoms with Crippen LogP contribution in [0.25, 0.3) is 0 Å². The van der Waals surface area contributed by atoms with Gasteiger partial charge < -0.3 is 18.6 Å². The van der Waals surface area contributed by atoms with Gasteiger partial charge in [-0.1, -0.05) is 13.8 Å². The van der Waals surface area contributed by atoms with Crippen LogP contribution < -0.4 is 0 Å². The van der Waals surface area contributed by atoms with Crippen LogP contribution in [0, 0.1) is 19.8 Å². The van der Waals surface area contributed by atoms with Gasteiger partial charge in [-0.05, 0) is 0 Å². The molecule has 0 rings (SSSR count). The van der Waals surface area contributed by atoms with E-state index >= 15 is 0 Å². The number of rotatable bonds is 2. The first-order valence-corrected chi connectivity index (χ1v) is 3.21. The normalized spacial score (nSPS) is 7.40. The molecule has 0 atom stereocenters. The topological polar surface area (TPSA) is 17.1 Å². The Kier molecular flexibility index (Phi) is 21.2. The van der Waals surface area contributed by atoms with Crippen molar-refractivity contribution in [1.82, 2.24) is 0 Å². The molecule has 0 N–H and O–H groups in total. The summed E-state index contributed by atoms with van der Waals surface area (Å²) >= 11 is 0. The Morgan fingerprint density at radius 1 is 1.40 bits per heavy atom. The van der Waals surface area contributed by atoms with E-state index in [0.717, 1.165) is 0 Å². The average Bonchev–Trinajstić information content (AvgIpc) is 1.91. The van der Waals surface area contributed by atoms with Crippen molar-refractivity contribution < 1.29 is 37.5 Å². The smallest absolute Gasteiger partial charge is 0.105 e. The van der Waals surface area contributed by atoms with E-state index in [1.54, 1.807) is 6.92 Å². The minimum Gasteiger partial charge on any atom is -0.346 e. The SMILES string of the molecule is [CH2-]C.[CH2-]CC(=O)C(C)C.[Y]. The first-order chi connectivity index (χ1) is 4.18. The molecule has 0 saturated carbocycles. The van der Waals surface area contributed by atoms with E-state index < -0.39 is 0 Å². The van der Waals surface area contributed by atoms with E-state index in [-0.39, 0.29) is 44.4 Å². The van der Waals surface area contributed by atoms with Gasteiger partial charge in [-0.15, -0.1) is 6.42 Å². The Morgan fingerprint density at radius 3 is 1.70 bits per heavy atom. The van der Waals surface area contributed by atoms with Gasteiger partial charge in [0.05, 0.1) is 0 Å². The molecule has 0 spiro atoms. The summed E-state index contributed by atoms with van der Waals surface area (Å²) in [5.74, 6) is 0.400. The van der Waals surface area contributed by atoms with Crippen molar-refractivity contribution in [3.8, 4) is 0 Å². The summed E-state index contributed by atoms with van der Waals surface area (Å²) in [6, 6.07) is 0. The first-order valence-electron chi connectivity index (χ1n) is 3.21. The Morgan fingerprint density at radius 2 is 1.70 bits per heavy atom. The zero-order valence-electron chi connectivity index (χ0n) is 7.18. The van der Waals surface area contributed by atoms with Gasteiger partial charge in [0.25, 0.3) is 0 Å². The summed E-state index contributed by atoms with van der Waals surface area (Å²) in [4.78, 5) is 10.4. The summed E-state index contributed by atoms with van der Waals surface area (Å²) in [6.45, 7) is 12.2. The number of Topliss-reactive ketones (excluding diaryl/α,β-unsaturated/α-hetero) is 1. The van der Waals surface area contributed by atoms with Crippen LogP contribution >= 0.6 is 0 Å². The van der Waals surface area contributed by atoms with Crippen molar-refractivity contribution in [2.75, 3.05) is 0 Å². The van der Waals surface area contributed by atoms with Gasteiger partial charge in [0.2, 0.25) is 0 Å². The van der Waals surface area contributed by atoms with Crippen LogP contribution in [-0.4, -0.2) is 5.78 Å². The molecular weight excluding hydrogens is 201 g/mol. The van der Waals surface area contributed by atoms with E-state index in [4.69, 9.17) is 0 Å². The molecule has 0 amide bonds. The number of carbonyl (C=O) groups excluding carboxylic acids is 1. The Labute approximate surface area is 89.8 Å². The summed E-state index contributed by atoms with van der Waals surface area (Å²) in [7, 11) is 0.